The largest absolute Gasteiger partial charge is 0.366 e. The summed E-state index contributed by atoms with van der Waals surface area (Å²) < 4.78 is 10.9. The zero-order valence-electron chi connectivity index (χ0n) is 12.3. The summed E-state index contributed by atoms with van der Waals surface area (Å²) in [7, 11) is 1.80. The van der Waals surface area contributed by atoms with Crippen LogP contribution in [0.1, 0.15) is 29.9 Å². The van der Waals surface area contributed by atoms with Gasteiger partial charge in [0.05, 0.1) is 13.2 Å². The molecule has 7 heteroatoms. The summed E-state index contributed by atoms with van der Waals surface area (Å²) in [5.74, 6) is 1.01. The number of morpholine rings is 1. The van der Waals surface area contributed by atoms with E-state index in [9.17, 15) is 4.79 Å². The van der Waals surface area contributed by atoms with Crippen molar-refractivity contribution < 1.29 is 14.1 Å². The number of likely N-dealkylation sites (N-methyl/N-ethyl adjacent to an activating group) is 1. The van der Waals surface area contributed by atoms with E-state index in [0.717, 1.165) is 37.3 Å². The third-order valence-electron chi connectivity index (χ3n) is 4.00. The van der Waals surface area contributed by atoms with Crippen LogP contribution in [0, 0.1) is 0 Å². The monoisotopic (exact) mass is 315 g/mol. The molecule has 1 aromatic heterocycles. The van der Waals surface area contributed by atoms with Gasteiger partial charge in [0.1, 0.15) is 17.6 Å². The van der Waals surface area contributed by atoms with Gasteiger partial charge in [-0.05, 0) is 19.3 Å². The summed E-state index contributed by atoms with van der Waals surface area (Å²) in [6, 6.07) is 0. The van der Waals surface area contributed by atoms with Gasteiger partial charge < -0.3 is 19.5 Å². The Morgan fingerprint density at radius 2 is 2.24 bits per heavy atom. The number of rotatable bonds is 3. The van der Waals surface area contributed by atoms with Crippen LogP contribution in [0.5, 0.6) is 0 Å². The molecule has 1 aliphatic carbocycles. The number of nitrogens with one attached hydrogen (secondary N) is 1. The number of hydrogen-bond acceptors (Lipinski definition) is 5. The van der Waals surface area contributed by atoms with Gasteiger partial charge in [0.15, 0.2) is 0 Å². The fourth-order valence-electron chi connectivity index (χ4n) is 2.85. The van der Waals surface area contributed by atoms with E-state index in [4.69, 9.17) is 9.26 Å². The molecule has 1 unspecified atom stereocenters. The molecule has 1 fully saturated rings. The standard InChI is InChI=1S/C14H21N3O3.ClH/c1-17(14(18)13-8-15-6-7-19-13)9-11-10-4-2-3-5-12(10)20-16-11;/h13,15H,2-9H2,1H3;1H. The summed E-state index contributed by atoms with van der Waals surface area (Å²) in [5.41, 5.74) is 2.11. The number of aromatic nitrogens is 1. The molecule has 2 aliphatic rings. The van der Waals surface area contributed by atoms with E-state index in [1.54, 1.807) is 11.9 Å². The van der Waals surface area contributed by atoms with Gasteiger partial charge in [-0.25, -0.2) is 0 Å². The highest BCUT2D eigenvalue weighted by Crippen LogP contribution is 2.25. The first-order valence-corrected chi connectivity index (χ1v) is 7.29. The molecule has 0 bridgehead atoms. The van der Waals surface area contributed by atoms with Crippen molar-refractivity contribution in [3.8, 4) is 0 Å². The van der Waals surface area contributed by atoms with E-state index in [-0.39, 0.29) is 24.4 Å². The molecule has 0 spiro atoms. The maximum atomic E-state index is 12.3. The van der Waals surface area contributed by atoms with Gasteiger partial charge in [-0.2, -0.15) is 0 Å². The maximum absolute atomic E-state index is 12.3. The zero-order chi connectivity index (χ0) is 13.9. The van der Waals surface area contributed by atoms with Crippen LogP contribution in [0.2, 0.25) is 0 Å². The summed E-state index contributed by atoms with van der Waals surface area (Å²) >= 11 is 0. The average Bonchev–Trinajstić information content (AvgIpc) is 2.91. The number of hydrogen-bond donors (Lipinski definition) is 1. The van der Waals surface area contributed by atoms with Crippen molar-refractivity contribution in [3.05, 3.63) is 17.0 Å². The summed E-state index contributed by atoms with van der Waals surface area (Å²) in [5, 5.41) is 7.31. The lowest BCUT2D eigenvalue weighted by atomic mass is 9.96. The molecule has 1 N–H and O–H groups in total. The van der Waals surface area contributed by atoms with Crippen LogP contribution in [-0.2, 0) is 28.9 Å². The molecule has 1 atom stereocenters. The van der Waals surface area contributed by atoms with E-state index < -0.39 is 0 Å². The van der Waals surface area contributed by atoms with Gasteiger partial charge in [0, 0.05) is 32.1 Å². The molecule has 118 valence electrons. The summed E-state index contributed by atoms with van der Waals surface area (Å²) in [4.78, 5) is 14.0. The second-order valence-electron chi connectivity index (χ2n) is 5.50. The SMILES string of the molecule is CN(Cc1noc2c1CCCC2)C(=O)C1CNCCO1.Cl. The van der Waals surface area contributed by atoms with Crippen LogP contribution in [0.4, 0.5) is 0 Å². The van der Waals surface area contributed by atoms with Crippen molar-refractivity contribution >= 4 is 18.3 Å². The minimum absolute atomic E-state index is 0. The van der Waals surface area contributed by atoms with Crippen LogP contribution in [-0.4, -0.2) is 48.8 Å². The third kappa shape index (κ3) is 3.56. The van der Waals surface area contributed by atoms with E-state index in [1.165, 1.54) is 12.0 Å². The minimum Gasteiger partial charge on any atom is -0.366 e. The molecule has 3 rings (SSSR count). The molecular weight excluding hydrogens is 294 g/mol. The highest BCUT2D eigenvalue weighted by Gasteiger charge is 2.27. The fraction of sp³-hybridized carbons (Fsp3) is 0.714. The van der Waals surface area contributed by atoms with Crippen LogP contribution in [0.3, 0.4) is 0 Å². The van der Waals surface area contributed by atoms with Crippen molar-refractivity contribution in [2.75, 3.05) is 26.7 Å². The third-order valence-corrected chi connectivity index (χ3v) is 4.00. The number of ether oxygens (including phenoxy) is 1. The normalized spacial score (nSPS) is 21.3. The van der Waals surface area contributed by atoms with Crippen molar-refractivity contribution in [1.29, 1.82) is 0 Å². The topological polar surface area (TPSA) is 67.6 Å². The van der Waals surface area contributed by atoms with Gasteiger partial charge in [-0.3, -0.25) is 4.79 Å². The number of carbonyl (C=O) groups excluding carboxylic acids is 1. The van der Waals surface area contributed by atoms with E-state index >= 15 is 0 Å². The number of carbonyl (C=O) groups is 1. The number of amides is 1. The zero-order valence-corrected chi connectivity index (χ0v) is 13.1. The number of aryl methyl sites for hydroxylation is 1. The molecule has 1 saturated heterocycles. The molecule has 1 aliphatic heterocycles. The van der Waals surface area contributed by atoms with E-state index in [1.807, 2.05) is 0 Å². The highest BCUT2D eigenvalue weighted by atomic mass is 35.5. The second kappa shape index (κ2) is 7.24. The summed E-state index contributed by atoms with van der Waals surface area (Å²) in [6.07, 6.45) is 3.94. The lowest BCUT2D eigenvalue weighted by molar-refractivity contribution is -0.144. The molecule has 0 radical (unpaired) electrons. The Balaban J connectivity index is 0.00000161. The molecule has 1 aromatic rings. The lowest BCUT2D eigenvalue weighted by Gasteiger charge is -2.27. The molecule has 1 amide bonds. The molecule has 6 nitrogen and oxygen atoms in total. The van der Waals surface area contributed by atoms with E-state index in [2.05, 4.69) is 10.5 Å². The smallest absolute Gasteiger partial charge is 0.253 e. The van der Waals surface area contributed by atoms with Gasteiger partial charge >= 0.3 is 0 Å². The van der Waals surface area contributed by atoms with Gasteiger partial charge in [0.2, 0.25) is 0 Å². The van der Waals surface area contributed by atoms with E-state index in [0.29, 0.717) is 19.7 Å². The first-order valence-electron chi connectivity index (χ1n) is 7.29. The average molecular weight is 316 g/mol. The second-order valence-corrected chi connectivity index (χ2v) is 5.50. The summed E-state index contributed by atoms with van der Waals surface area (Å²) in [6.45, 7) is 2.48. The Hall–Kier alpha value is -1.11. The number of halogens is 1. The van der Waals surface area contributed by atoms with Crippen molar-refractivity contribution in [2.24, 2.45) is 0 Å². The highest BCUT2D eigenvalue weighted by molar-refractivity contribution is 5.85. The molecule has 21 heavy (non-hydrogen) atoms. The fourth-order valence-corrected chi connectivity index (χ4v) is 2.85. The van der Waals surface area contributed by atoms with Gasteiger partial charge in [-0.15, -0.1) is 12.4 Å². The molecule has 0 saturated carbocycles. The van der Waals surface area contributed by atoms with Gasteiger partial charge in [-0.1, -0.05) is 5.16 Å². The molecular formula is C14H22ClN3O3. The van der Waals surface area contributed by atoms with Crippen LogP contribution in [0.15, 0.2) is 4.52 Å². The van der Waals surface area contributed by atoms with Crippen molar-refractivity contribution in [1.82, 2.24) is 15.4 Å². The quantitative estimate of drug-likeness (QED) is 0.898. The maximum Gasteiger partial charge on any atom is 0.253 e. The minimum atomic E-state index is -0.378. The predicted octanol–water partition coefficient (Wildman–Crippen LogP) is 0.922. The van der Waals surface area contributed by atoms with Gasteiger partial charge in [0.25, 0.3) is 5.91 Å². The Morgan fingerprint density at radius 1 is 1.43 bits per heavy atom. The van der Waals surface area contributed by atoms with Crippen molar-refractivity contribution in [2.45, 2.75) is 38.3 Å². The molecule has 0 aromatic carbocycles. The predicted molar refractivity (Wildman–Crippen MR) is 79.5 cm³/mol. The molecule has 2 heterocycles. The number of fused-ring (bicyclic) bond motifs is 1. The van der Waals surface area contributed by atoms with Crippen LogP contribution in [0.25, 0.3) is 0 Å². The lowest BCUT2D eigenvalue weighted by Crippen LogP contribution is -2.48. The van der Waals surface area contributed by atoms with Crippen LogP contribution < -0.4 is 5.32 Å². The Labute approximate surface area is 130 Å². The number of nitrogens with zero attached hydrogens (tertiary/aromatic N) is 2. The first-order chi connectivity index (χ1) is 9.75. The van der Waals surface area contributed by atoms with Crippen molar-refractivity contribution in [3.63, 3.8) is 0 Å². The first kappa shape index (κ1) is 16.3. The Morgan fingerprint density at radius 3 is 3.00 bits per heavy atom. The Kier molecular flexibility index (Phi) is 5.61. The Bertz CT molecular complexity index is 486. The van der Waals surface area contributed by atoms with Crippen LogP contribution >= 0.6 is 12.4 Å².